The van der Waals surface area contributed by atoms with Gasteiger partial charge in [0.2, 0.25) is 0 Å². The molecule has 2 aromatic rings. The highest BCUT2D eigenvalue weighted by molar-refractivity contribution is 5.75. The molecule has 25 heavy (non-hydrogen) atoms. The predicted molar refractivity (Wildman–Crippen MR) is 90.5 cm³/mol. The summed E-state index contributed by atoms with van der Waals surface area (Å²) in [4.78, 5) is 13.8. The van der Waals surface area contributed by atoms with Gasteiger partial charge in [0.05, 0.1) is 44.7 Å². The molecule has 0 saturated carbocycles. The third-order valence-corrected chi connectivity index (χ3v) is 3.90. The second kappa shape index (κ2) is 7.89. The standard InChI is InChI=1S/C17H22N4O4/c1-23-11-13-7-12(19-20-13)8-18-17(22)21-9-14(10-21)25-16-6-4-3-5-15(16)24-2/h3-7,14H,8-11H2,1-2H3,(H,18,22)(H,19,20). The number of urea groups is 1. The summed E-state index contributed by atoms with van der Waals surface area (Å²) < 4.78 is 16.1. The largest absolute Gasteiger partial charge is 0.493 e. The molecule has 0 bridgehead atoms. The summed E-state index contributed by atoms with van der Waals surface area (Å²) in [6.07, 6.45) is -0.0255. The quantitative estimate of drug-likeness (QED) is 0.794. The normalized spacial score (nSPS) is 14.1. The molecule has 1 saturated heterocycles. The van der Waals surface area contributed by atoms with E-state index in [0.29, 0.717) is 37.7 Å². The average Bonchev–Trinajstić information content (AvgIpc) is 3.04. The number of para-hydroxylation sites is 2. The van der Waals surface area contributed by atoms with Crippen molar-refractivity contribution in [3.8, 4) is 11.5 Å². The van der Waals surface area contributed by atoms with Crippen molar-refractivity contribution in [3.05, 3.63) is 41.7 Å². The summed E-state index contributed by atoms with van der Waals surface area (Å²) >= 11 is 0. The van der Waals surface area contributed by atoms with E-state index in [1.807, 2.05) is 30.3 Å². The Kier molecular flexibility index (Phi) is 5.39. The van der Waals surface area contributed by atoms with Crippen LogP contribution in [-0.4, -0.2) is 54.5 Å². The van der Waals surface area contributed by atoms with Crippen LogP contribution in [0.25, 0.3) is 0 Å². The number of likely N-dealkylation sites (tertiary alicyclic amines) is 1. The van der Waals surface area contributed by atoms with Crippen LogP contribution in [0.1, 0.15) is 11.4 Å². The summed E-state index contributed by atoms with van der Waals surface area (Å²) in [7, 11) is 3.22. The fourth-order valence-electron chi connectivity index (χ4n) is 2.58. The zero-order valence-corrected chi connectivity index (χ0v) is 14.3. The van der Waals surface area contributed by atoms with Gasteiger partial charge in [0.15, 0.2) is 11.5 Å². The Bertz CT molecular complexity index is 712. The van der Waals surface area contributed by atoms with Gasteiger partial charge in [-0.15, -0.1) is 0 Å². The first-order chi connectivity index (χ1) is 12.2. The van der Waals surface area contributed by atoms with Crippen molar-refractivity contribution in [1.82, 2.24) is 20.4 Å². The van der Waals surface area contributed by atoms with Crippen molar-refractivity contribution in [1.29, 1.82) is 0 Å². The maximum Gasteiger partial charge on any atom is 0.317 e. The van der Waals surface area contributed by atoms with E-state index in [9.17, 15) is 4.79 Å². The Labute approximate surface area is 146 Å². The van der Waals surface area contributed by atoms with Gasteiger partial charge >= 0.3 is 6.03 Å². The molecule has 1 fully saturated rings. The molecule has 0 unspecified atom stereocenters. The Morgan fingerprint density at radius 2 is 2.08 bits per heavy atom. The molecule has 1 aromatic heterocycles. The van der Waals surface area contributed by atoms with Crippen molar-refractivity contribution in [3.63, 3.8) is 0 Å². The minimum absolute atomic E-state index is 0.0255. The number of ether oxygens (including phenoxy) is 3. The van der Waals surface area contributed by atoms with Crippen LogP contribution in [0, 0.1) is 0 Å². The van der Waals surface area contributed by atoms with Crippen LogP contribution in [0.15, 0.2) is 30.3 Å². The lowest BCUT2D eigenvalue weighted by molar-refractivity contribution is 0.0426. The van der Waals surface area contributed by atoms with E-state index in [2.05, 4.69) is 15.5 Å². The zero-order chi connectivity index (χ0) is 17.6. The minimum atomic E-state index is -0.122. The summed E-state index contributed by atoms with van der Waals surface area (Å²) in [5, 5.41) is 9.82. The molecule has 1 aliphatic heterocycles. The number of carbonyl (C=O) groups excluding carboxylic acids is 1. The van der Waals surface area contributed by atoms with Crippen LogP contribution in [0.5, 0.6) is 11.5 Å². The number of aromatic amines is 1. The van der Waals surface area contributed by atoms with Crippen molar-refractivity contribution >= 4 is 6.03 Å². The first-order valence-electron chi connectivity index (χ1n) is 8.04. The molecule has 3 rings (SSSR count). The lowest BCUT2D eigenvalue weighted by Crippen LogP contribution is -2.58. The number of carbonyl (C=O) groups is 1. The maximum atomic E-state index is 12.1. The number of hydrogen-bond donors (Lipinski definition) is 2. The molecule has 0 spiro atoms. The topological polar surface area (TPSA) is 88.7 Å². The zero-order valence-electron chi connectivity index (χ0n) is 14.3. The van der Waals surface area contributed by atoms with Gasteiger partial charge in [-0.2, -0.15) is 5.10 Å². The highest BCUT2D eigenvalue weighted by atomic mass is 16.5. The van der Waals surface area contributed by atoms with Gasteiger partial charge in [-0.25, -0.2) is 4.79 Å². The first kappa shape index (κ1) is 17.1. The van der Waals surface area contributed by atoms with Crippen LogP contribution in [0.4, 0.5) is 4.79 Å². The molecule has 2 N–H and O–H groups in total. The van der Waals surface area contributed by atoms with Gasteiger partial charge in [0.1, 0.15) is 6.10 Å². The summed E-state index contributed by atoms with van der Waals surface area (Å²) in [6, 6.07) is 9.23. The number of nitrogens with zero attached hydrogens (tertiary/aromatic N) is 2. The van der Waals surface area contributed by atoms with E-state index in [1.165, 1.54) is 0 Å². The van der Waals surface area contributed by atoms with Crippen molar-refractivity contribution in [2.24, 2.45) is 0 Å². The van der Waals surface area contributed by atoms with Gasteiger partial charge in [-0.1, -0.05) is 12.1 Å². The molecule has 0 radical (unpaired) electrons. The van der Waals surface area contributed by atoms with E-state index in [4.69, 9.17) is 14.2 Å². The number of H-pyrrole nitrogens is 1. The molecule has 8 nitrogen and oxygen atoms in total. The van der Waals surface area contributed by atoms with Crippen LogP contribution in [-0.2, 0) is 17.9 Å². The smallest absolute Gasteiger partial charge is 0.317 e. The molecular weight excluding hydrogens is 324 g/mol. The molecule has 0 atom stereocenters. The van der Waals surface area contributed by atoms with E-state index >= 15 is 0 Å². The summed E-state index contributed by atoms with van der Waals surface area (Å²) in [6.45, 7) is 1.92. The molecule has 1 aromatic carbocycles. The van der Waals surface area contributed by atoms with Gasteiger partial charge in [0.25, 0.3) is 0 Å². The van der Waals surface area contributed by atoms with Crippen LogP contribution < -0.4 is 14.8 Å². The second-order valence-corrected chi connectivity index (χ2v) is 5.77. The summed E-state index contributed by atoms with van der Waals surface area (Å²) in [5.74, 6) is 1.38. The Morgan fingerprint density at radius 3 is 2.80 bits per heavy atom. The van der Waals surface area contributed by atoms with E-state index < -0.39 is 0 Å². The van der Waals surface area contributed by atoms with Crippen LogP contribution >= 0.6 is 0 Å². The second-order valence-electron chi connectivity index (χ2n) is 5.77. The lowest BCUT2D eigenvalue weighted by atomic mass is 10.2. The minimum Gasteiger partial charge on any atom is -0.493 e. The fraction of sp³-hybridized carbons (Fsp3) is 0.412. The number of nitrogens with one attached hydrogen (secondary N) is 2. The summed E-state index contributed by atoms with van der Waals surface area (Å²) in [5.41, 5.74) is 1.64. The Morgan fingerprint density at radius 1 is 1.32 bits per heavy atom. The van der Waals surface area contributed by atoms with Gasteiger partial charge in [-0.05, 0) is 18.2 Å². The van der Waals surface area contributed by atoms with Crippen molar-refractivity contribution < 1.29 is 19.0 Å². The van der Waals surface area contributed by atoms with E-state index in [1.54, 1.807) is 19.1 Å². The predicted octanol–water partition coefficient (Wildman–Crippen LogP) is 1.54. The van der Waals surface area contributed by atoms with E-state index in [-0.39, 0.29) is 12.1 Å². The maximum absolute atomic E-state index is 12.1. The van der Waals surface area contributed by atoms with Crippen molar-refractivity contribution in [2.75, 3.05) is 27.3 Å². The molecule has 8 heteroatoms. The number of methoxy groups -OCH3 is 2. The van der Waals surface area contributed by atoms with Crippen LogP contribution in [0.2, 0.25) is 0 Å². The number of amides is 2. The number of aromatic nitrogens is 2. The monoisotopic (exact) mass is 346 g/mol. The highest BCUT2D eigenvalue weighted by Gasteiger charge is 2.32. The molecule has 1 aliphatic rings. The number of hydrogen-bond acceptors (Lipinski definition) is 5. The third kappa shape index (κ3) is 4.21. The van der Waals surface area contributed by atoms with Crippen molar-refractivity contribution in [2.45, 2.75) is 19.3 Å². The van der Waals surface area contributed by atoms with Gasteiger partial charge in [0, 0.05) is 7.11 Å². The molecule has 134 valence electrons. The first-order valence-corrected chi connectivity index (χ1v) is 8.04. The van der Waals surface area contributed by atoms with Crippen LogP contribution in [0.3, 0.4) is 0 Å². The molecule has 0 aliphatic carbocycles. The molecular formula is C17H22N4O4. The Balaban J connectivity index is 1.42. The van der Waals surface area contributed by atoms with E-state index in [0.717, 1.165) is 11.4 Å². The van der Waals surface area contributed by atoms with Gasteiger partial charge < -0.3 is 24.4 Å². The molecule has 2 amide bonds. The lowest BCUT2D eigenvalue weighted by Gasteiger charge is -2.38. The highest BCUT2D eigenvalue weighted by Crippen LogP contribution is 2.28. The fourth-order valence-corrected chi connectivity index (χ4v) is 2.58. The number of rotatable bonds is 7. The molecule has 2 heterocycles. The average molecular weight is 346 g/mol. The SMILES string of the molecule is COCc1cc(CNC(=O)N2CC(Oc3ccccc3OC)C2)[nH]n1. The third-order valence-electron chi connectivity index (χ3n) is 3.90. The van der Waals surface area contributed by atoms with Gasteiger partial charge in [-0.3, -0.25) is 5.10 Å². The number of benzene rings is 1. The Hall–Kier alpha value is -2.74.